The molecule has 1 saturated heterocycles. The van der Waals surface area contributed by atoms with E-state index in [0.717, 1.165) is 22.9 Å². The van der Waals surface area contributed by atoms with Gasteiger partial charge in [-0.25, -0.2) is 4.98 Å². The number of fused-ring (bicyclic) bond motifs is 1. The van der Waals surface area contributed by atoms with E-state index in [4.69, 9.17) is 31.5 Å². The Morgan fingerprint density at radius 3 is 2.69 bits per heavy atom. The molecule has 1 aliphatic rings. The van der Waals surface area contributed by atoms with Gasteiger partial charge in [-0.1, -0.05) is 36.1 Å². The molecule has 10 nitrogen and oxygen atoms in total. The van der Waals surface area contributed by atoms with Crippen LogP contribution in [-0.4, -0.2) is 76.7 Å². The maximum absolute atomic E-state index is 13.5. The summed E-state index contributed by atoms with van der Waals surface area (Å²) in [7, 11) is 3.15. The summed E-state index contributed by atoms with van der Waals surface area (Å²) in [5.74, 6) is 1.32. The molecule has 2 N–H and O–H groups in total. The van der Waals surface area contributed by atoms with Crippen LogP contribution in [0.25, 0.3) is 11.7 Å². The zero-order valence-electron chi connectivity index (χ0n) is 21.9. The number of aryl methyl sites for hydroxylation is 1. The van der Waals surface area contributed by atoms with E-state index >= 15 is 0 Å². The van der Waals surface area contributed by atoms with Crippen molar-refractivity contribution >= 4 is 51.7 Å². The molecule has 1 fully saturated rings. The number of thioether (sulfide) groups is 1. The fourth-order valence-electron chi connectivity index (χ4n) is 4.09. The molecule has 12 heteroatoms. The SMILES string of the molecule is COc1ccc(CCN2C(=O)C(=Cc3c(NCCOCCO)nc4c(C)cccn4c3=O)SC2=S)cc1OC. The molecule has 4 rings (SSSR count). The monoisotopic (exact) mass is 570 g/mol. The van der Waals surface area contributed by atoms with Crippen molar-refractivity contribution < 1.29 is 24.1 Å². The number of carbonyl (C=O) groups excluding carboxylic acids is 1. The van der Waals surface area contributed by atoms with Gasteiger partial charge in [0.1, 0.15) is 15.8 Å². The molecule has 206 valence electrons. The number of carbonyl (C=O) groups is 1. The van der Waals surface area contributed by atoms with Gasteiger partial charge in [0.05, 0.1) is 44.5 Å². The summed E-state index contributed by atoms with van der Waals surface area (Å²) < 4.78 is 17.9. The van der Waals surface area contributed by atoms with Crippen LogP contribution in [0.2, 0.25) is 0 Å². The molecule has 1 aromatic carbocycles. The highest BCUT2D eigenvalue weighted by molar-refractivity contribution is 8.26. The Kier molecular flexibility index (Phi) is 9.57. The molecule has 39 heavy (non-hydrogen) atoms. The summed E-state index contributed by atoms with van der Waals surface area (Å²) in [6.07, 6.45) is 3.76. The molecule has 0 unspecified atom stereocenters. The van der Waals surface area contributed by atoms with E-state index in [-0.39, 0.29) is 30.2 Å². The smallest absolute Gasteiger partial charge is 0.267 e. The Labute approximate surface area is 235 Å². The molecule has 1 amide bonds. The summed E-state index contributed by atoms with van der Waals surface area (Å²) in [5.41, 5.74) is 2.26. The van der Waals surface area contributed by atoms with Gasteiger partial charge in [-0.3, -0.25) is 18.9 Å². The van der Waals surface area contributed by atoms with Gasteiger partial charge in [-0.2, -0.15) is 0 Å². The highest BCUT2D eigenvalue weighted by Crippen LogP contribution is 2.34. The molecular weight excluding hydrogens is 540 g/mol. The van der Waals surface area contributed by atoms with Crippen molar-refractivity contribution in [2.75, 3.05) is 52.4 Å². The number of rotatable bonds is 12. The third-order valence-electron chi connectivity index (χ3n) is 6.08. The first-order valence-corrected chi connectivity index (χ1v) is 13.5. The van der Waals surface area contributed by atoms with Crippen molar-refractivity contribution in [3.63, 3.8) is 0 Å². The summed E-state index contributed by atoms with van der Waals surface area (Å²) >= 11 is 6.67. The Morgan fingerprint density at radius 1 is 1.15 bits per heavy atom. The number of pyridine rings is 1. The fraction of sp³-hybridized carbons (Fsp3) is 0.333. The van der Waals surface area contributed by atoms with Crippen molar-refractivity contribution in [1.82, 2.24) is 14.3 Å². The molecule has 0 radical (unpaired) electrons. The van der Waals surface area contributed by atoms with Gasteiger partial charge in [0.2, 0.25) is 0 Å². The van der Waals surface area contributed by atoms with E-state index in [9.17, 15) is 9.59 Å². The van der Waals surface area contributed by atoms with E-state index in [1.54, 1.807) is 32.6 Å². The van der Waals surface area contributed by atoms with E-state index in [2.05, 4.69) is 10.3 Å². The lowest BCUT2D eigenvalue weighted by Gasteiger charge is -2.15. The van der Waals surface area contributed by atoms with Gasteiger partial charge < -0.3 is 24.6 Å². The highest BCUT2D eigenvalue weighted by Gasteiger charge is 2.32. The van der Waals surface area contributed by atoms with Gasteiger partial charge in [0.25, 0.3) is 11.5 Å². The number of hydrogen-bond donors (Lipinski definition) is 2. The second-order valence-electron chi connectivity index (χ2n) is 8.60. The number of aromatic nitrogens is 2. The average Bonchev–Trinajstić information content (AvgIpc) is 3.21. The van der Waals surface area contributed by atoms with E-state index < -0.39 is 0 Å². The topological polar surface area (TPSA) is 115 Å². The molecule has 0 bridgehead atoms. The number of thiocarbonyl (C=S) groups is 1. The minimum absolute atomic E-state index is 0.0755. The first-order valence-electron chi connectivity index (χ1n) is 12.3. The van der Waals surface area contributed by atoms with Gasteiger partial charge in [-0.15, -0.1) is 0 Å². The number of amides is 1. The van der Waals surface area contributed by atoms with Crippen LogP contribution in [0.15, 0.2) is 46.2 Å². The molecule has 0 atom stereocenters. The lowest BCUT2D eigenvalue weighted by Crippen LogP contribution is -2.30. The fourth-order valence-corrected chi connectivity index (χ4v) is 5.38. The third-order valence-corrected chi connectivity index (χ3v) is 7.46. The molecular formula is C27H30N4O6S2. The number of ether oxygens (including phenoxy) is 3. The number of anilines is 1. The number of aliphatic hydroxyl groups excluding tert-OH is 1. The Balaban J connectivity index is 1.59. The number of nitrogens with zero attached hydrogens (tertiary/aromatic N) is 3. The van der Waals surface area contributed by atoms with Crippen LogP contribution in [0.4, 0.5) is 5.82 Å². The number of methoxy groups -OCH3 is 2. The zero-order valence-corrected chi connectivity index (χ0v) is 23.6. The van der Waals surface area contributed by atoms with E-state index in [1.807, 2.05) is 31.2 Å². The van der Waals surface area contributed by atoms with Crippen LogP contribution in [0.1, 0.15) is 16.7 Å². The predicted molar refractivity (Wildman–Crippen MR) is 156 cm³/mol. The van der Waals surface area contributed by atoms with Gasteiger partial charge in [0, 0.05) is 19.3 Å². The van der Waals surface area contributed by atoms with Crippen molar-refractivity contribution in [2.24, 2.45) is 0 Å². The largest absolute Gasteiger partial charge is 0.493 e. The van der Waals surface area contributed by atoms with Crippen LogP contribution in [0.3, 0.4) is 0 Å². The van der Waals surface area contributed by atoms with Gasteiger partial charge in [-0.05, 0) is 48.7 Å². The third kappa shape index (κ3) is 6.41. The van der Waals surface area contributed by atoms with Gasteiger partial charge in [0.15, 0.2) is 11.5 Å². The van der Waals surface area contributed by atoms with E-state index in [0.29, 0.717) is 58.3 Å². The normalized spacial score (nSPS) is 14.5. The first-order chi connectivity index (χ1) is 18.9. The van der Waals surface area contributed by atoms with Crippen LogP contribution in [-0.2, 0) is 16.0 Å². The van der Waals surface area contributed by atoms with Crippen molar-refractivity contribution in [3.8, 4) is 11.5 Å². The maximum atomic E-state index is 13.5. The predicted octanol–water partition coefficient (Wildman–Crippen LogP) is 2.88. The number of nitrogens with one attached hydrogen (secondary N) is 1. The second-order valence-corrected chi connectivity index (χ2v) is 10.3. The summed E-state index contributed by atoms with van der Waals surface area (Å²) in [5, 5.41) is 12.1. The lowest BCUT2D eigenvalue weighted by molar-refractivity contribution is -0.122. The summed E-state index contributed by atoms with van der Waals surface area (Å²) in [6.45, 7) is 3.06. The molecule has 3 aromatic rings. The minimum Gasteiger partial charge on any atom is -0.493 e. The van der Waals surface area contributed by atoms with Crippen molar-refractivity contribution in [3.05, 3.63) is 68.5 Å². The summed E-state index contributed by atoms with van der Waals surface area (Å²) in [4.78, 5) is 33.4. The number of aliphatic hydroxyl groups is 1. The van der Waals surface area contributed by atoms with Crippen LogP contribution in [0, 0.1) is 6.92 Å². The standard InChI is InChI=1S/C27H30N4O6S2/c1-17-5-4-10-30-24(17)29-23(28-9-13-37-14-12-32)19(25(30)33)16-22-26(34)31(27(38)39-22)11-8-18-6-7-20(35-2)21(15-18)36-3/h4-7,10,15-16,28,32H,8-9,11-14H2,1-3H3. The van der Waals surface area contributed by atoms with Crippen LogP contribution >= 0.6 is 24.0 Å². The summed E-state index contributed by atoms with van der Waals surface area (Å²) in [6, 6.07) is 9.26. The van der Waals surface area contributed by atoms with Gasteiger partial charge >= 0.3 is 0 Å². The maximum Gasteiger partial charge on any atom is 0.267 e. The van der Waals surface area contributed by atoms with Crippen LogP contribution < -0.4 is 20.3 Å². The molecule has 0 saturated carbocycles. The second kappa shape index (κ2) is 13.1. The average molecular weight is 571 g/mol. The highest BCUT2D eigenvalue weighted by atomic mass is 32.2. The molecule has 0 spiro atoms. The lowest BCUT2D eigenvalue weighted by atomic mass is 10.1. The quantitative estimate of drug-likeness (QED) is 0.191. The molecule has 0 aliphatic carbocycles. The molecule has 1 aliphatic heterocycles. The van der Waals surface area contributed by atoms with Crippen LogP contribution in [0.5, 0.6) is 11.5 Å². The number of hydrogen-bond acceptors (Lipinski definition) is 10. The first kappa shape index (κ1) is 28.6. The Bertz CT molecular complexity index is 1470. The minimum atomic E-state index is -0.307. The Hall–Kier alpha value is -3.45. The molecule has 2 aromatic heterocycles. The van der Waals surface area contributed by atoms with Crippen molar-refractivity contribution in [1.29, 1.82) is 0 Å². The Morgan fingerprint density at radius 2 is 1.95 bits per heavy atom. The van der Waals surface area contributed by atoms with E-state index in [1.165, 1.54) is 9.30 Å². The van der Waals surface area contributed by atoms with Crippen molar-refractivity contribution in [2.45, 2.75) is 13.3 Å². The molecule has 3 heterocycles. The zero-order chi connectivity index (χ0) is 27.9. The number of benzene rings is 1.